The normalized spacial score (nSPS) is 23.4. The van der Waals surface area contributed by atoms with Gasteiger partial charge in [0.2, 0.25) is 0 Å². The molecule has 1 aromatic carbocycles. The molecule has 0 aromatic heterocycles. The molecule has 24 heavy (non-hydrogen) atoms. The van der Waals surface area contributed by atoms with Crippen LogP contribution in [0.15, 0.2) is 12.1 Å². The largest absolute Gasteiger partial charge is 0.496 e. The highest BCUT2D eigenvalue weighted by Crippen LogP contribution is 2.39. The summed E-state index contributed by atoms with van der Waals surface area (Å²) in [7, 11) is 2.70. The van der Waals surface area contributed by atoms with Crippen LogP contribution in [0.2, 0.25) is 0 Å². The van der Waals surface area contributed by atoms with Gasteiger partial charge in [0.25, 0.3) is 5.91 Å². The lowest BCUT2D eigenvalue weighted by Gasteiger charge is -2.35. The molecule has 0 aliphatic heterocycles. The van der Waals surface area contributed by atoms with E-state index in [1.165, 1.54) is 20.3 Å². The number of ether oxygens (including phenoxy) is 3. The Labute approximate surface area is 140 Å². The van der Waals surface area contributed by atoms with Crippen LogP contribution in [-0.2, 0) is 9.53 Å². The second-order valence-electron chi connectivity index (χ2n) is 6.22. The van der Waals surface area contributed by atoms with Gasteiger partial charge in [-0.25, -0.2) is 4.39 Å². The van der Waals surface area contributed by atoms with Gasteiger partial charge in [0.1, 0.15) is 5.75 Å². The number of primary amides is 1. The number of nitrogens with two attached hydrogens (primary N) is 1. The molecule has 1 aliphatic carbocycles. The molecule has 7 heteroatoms. The first-order valence-corrected chi connectivity index (χ1v) is 7.73. The predicted octanol–water partition coefficient (Wildman–Crippen LogP) is 2.43. The van der Waals surface area contributed by atoms with Gasteiger partial charge in [-0.15, -0.1) is 0 Å². The second kappa shape index (κ2) is 7.07. The lowest BCUT2D eigenvalue weighted by molar-refractivity contribution is -0.154. The SMILES string of the molecule is COC(=O)C1(C)CCC(Oc2cc(C(N)=O)c(OC)cc2F)CC1. The van der Waals surface area contributed by atoms with E-state index in [2.05, 4.69) is 0 Å². The molecule has 0 unspecified atom stereocenters. The van der Waals surface area contributed by atoms with E-state index in [4.69, 9.17) is 19.9 Å². The van der Waals surface area contributed by atoms with Crippen LogP contribution in [-0.4, -0.2) is 32.2 Å². The molecule has 6 nitrogen and oxygen atoms in total. The summed E-state index contributed by atoms with van der Waals surface area (Å²) in [5.74, 6) is -1.57. The minimum absolute atomic E-state index is 0.0451. The molecule has 1 aliphatic rings. The number of rotatable bonds is 5. The van der Waals surface area contributed by atoms with Crippen molar-refractivity contribution in [2.45, 2.75) is 38.7 Å². The molecular weight excluding hydrogens is 317 g/mol. The van der Waals surface area contributed by atoms with E-state index in [1.54, 1.807) is 0 Å². The highest BCUT2D eigenvalue weighted by Gasteiger charge is 2.39. The first kappa shape index (κ1) is 18.0. The van der Waals surface area contributed by atoms with Crippen molar-refractivity contribution in [3.8, 4) is 11.5 Å². The number of amides is 1. The second-order valence-corrected chi connectivity index (χ2v) is 6.22. The first-order valence-electron chi connectivity index (χ1n) is 7.73. The Morgan fingerprint density at radius 2 is 1.83 bits per heavy atom. The monoisotopic (exact) mass is 339 g/mol. The van der Waals surface area contributed by atoms with Crippen LogP contribution >= 0.6 is 0 Å². The van der Waals surface area contributed by atoms with Gasteiger partial charge in [0.15, 0.2) is 11.6 Å². The maximum atomic E-state index is 14.1. The summed E-state index contributed by atoms with van der Waals surface area (Å²) in [6, 6.07) is 2.33. The Balaban J connectivity index is 2.11. The number of benzene rings is 1. The van der Waals surface area contributed by atoms with Crippen molar-refractivity contribution in [2.75, 3.05) is 14.2 Å². The third-order valence-corrected chi connectivity index (χ3v) is 4.53. The molecule has 1 amide bonds. The number of hydrogen-bond donors (Lipinski definition) is 1. The maximum Gasteiger partial charge on any atom is 0.311 e. The van der Waals surface area contributed by atoms with E-state index in [0.717, 1.165) is 6.07 Å². The molecule has 0 saturated heterocycles. The molecule has 2 N–H and O–H groups in total. The number of methoxy groups -OCH3 is 2. The highest BCUT2D eigenvalue weighted by atomic mass is 19.1. The van der Waals surface area contributed by atoms with Crippen LogP contribution in [0.3, 0.4) is 0 Å². The average Bonchev–Trinajstić information content (AvgIpc) is 2.57. The van der Waals surface area contributed by atoms with Crippen LogP contribution in [0.1, 0.15) is 43.0 Å². The highest BCUT2D eigenvalue weighted by molar-refractivity contribution is 5.96. The van der Waals surface area contributed by atoms with Crippen molar-refractivity contribution in [1.82, 2.24) is 0 Å². The lowest BCUT2D eigenvalue weighted by Crippen LogP contribution is -2.37. The van der Waals surface area contributed by atoms with E-state index in [9.17, 15) is 14.0 Å². The Hall–Kier alpha value is -2.31. The van der Waals surface area contributed by atoms with Crippen LogP contribution in [0.5, 0.6) is 11.5 Å². The third-order valence-electron chi connectivity index (χ3n) is 4.53. The van der Waals surface area contributed by atoms with E-state index < -0.39 is 17.1 Å². The molecule has 0 bridgehead atoms. The molecule has 1 fully saturated rings. The van der Waals surface area contributed by atoms with Gasteiger partial charge in [-0.1, -0.05) is 0 Å². The number of carbonyl (C=O) groups excluding carboxylic acids is 2. The molecule has 1 saturated carbocycles. The van der Waals surface area contributed by atoms with Gasteiger partial charge in [-0.3, -0.25) is 9.59 Å². The fourth-order valence-electron chi connectivity index (χ4n) is 2.96. The molecule has 0 spiro atoms. The van der Waals surface area contributed by atoms with Crippen LogP contribution in [0.4, 0.5) is 4.39 Å². The average molecular weight is 339 g/mol. The fourth-order valence-corrected chi connectivity index (χ4v) is 2.96. The van der Waals surface area contributed by atoms with Gasteiger partial charge in [0, 0.05) is 6.07 Å². The summed E-state index contributed by atoms with van der Waals surface area (Å²) >= 11 is 0. The number of carbonyl (C=O) groups is 2. The van der Waals surface area contributed by atoms with Crippen molar-refractivity contribution >= 4 is 11.9 Å². The van der Waals surface area contributed by atoms with Gasteiger partial charge >= 0.3 is 5.97 Å². The van der Waals surface area contributed by atoms with Crippen molar-refractivity contribution in [3.63, 3.8) is 0 Å². The van der Waals surface area contributed by atoms with Crippen molar-refractivity contribution in [2.24, 2.45) is 11.1 Å². The zero-order valence-corrected chi connectivity index (χ0v) is 14.1. The zero-order valence-electron chi connectivity index (χ0n) is 14.1. The zero-order chi connectivity index (χ0) is 17.9. The van der Waals surface area contributed by atoms with Crippen LogP contribution < -0.4 is 15.2 Å². The molecule has 0 atom stereocenters. The summed E-state index contributed by atoms with van der Waals surface area (Å²) < 4.78 is 29.6. The predicted molar refractivity (Wildman–Crippen MR) is 84.5 cm³/mol. The topological polar surface area (TPSA) is 87.9 Å². The van der Waals surface area contributed by atoms with Gasteiger partial charge < -0.3 is 19.9 Å². The third kappa shape index (κ3) is 3.60. The Kier molecular flexibility index (Phi) is 5.31. The molecule has 0 radical (unpaired) electrons. The van der Waals surface area contributed by atoms with E-state index >= 15 is 0 Å². The van der Waals surface area contributed by atoms with Crippen LogP contribution in [0, 0.1) is 11.2 Å². The standard InChI is InChI=1S/C17H22FNO5/c1-17(16(21)23-3)6-4-10(5-7-17)24-14-8-11(15(19)20)13(22-2)9-12(14)18/h8-10H,4-7H2,1-3H3,(H2,19,20). The molecule has 2 rings (SSSR count). The summed E-state index contributed by atoms with van der Waals surface area (Å²) in [6.07, 6.45) is 2.10. The van der Waals surface area contributed by atoms with Crippen LogP contribution in [0.25, 0.3) is 0 Å². The minimum Gasteiger partial charge on any atom is -0.496 e. The molecular formula is C17H22FNO5. The summed E-state index contributed by atoms with van der Waals surface area (Å²) in [5.41, 5.74) is 4.80. The quantitative estimate of drug-likeness (QED) is 0.833. The number of hydrogen-bond acceptors (Lipinski definition) is 5. The van der Waals surface area contributed by atoms with Crippen molar-refractivity contribution in [1.29, 1.82) is 0 Å². The minimum atomic E-state index is -0.724. The lowest BCUT2D eigenvalue weighted by atomic mass is 9.75. The van der Waals surface area contributed by atoms with E-state index in [-0.39, 0.29) is 29.1 Å². The summed E-state index contributed by atoms with van der Waals surface area (Å²) in [6.45, 7) is 1.86. The Morgan fingerprint density at radius 3 is 2.33 bits per heavy atom. The number of halogens is 1. The maximum absolute atomic E-state index is 14.1. The molecule has 0 heterocycles. The van der Waals surface area contributed by atoms with E-state index in [1.807, 2.05) is 6.92 Å². The Bertz CT molecular complexity index is 638. The molecule has 132 valence electrons. The number of esters is 1. The van der Waals surface area contributed by atoms with Crippen molar-refractivity contribution < 1.29 is 28.2 Å². The van der Waals surface area contributed by atoms with Gasteiger partial charge in [-0.05, 0) is 38.7 Å². The molecule has 1 aromatic rings. The van der Waals surface area contributed by atoms with Gasteiger partial charge in [-0.2, -0.15) is 0 Å². The summed E-state index contributed by atoms with van der Waals surface area (Å²) in [5, 5.41) is 0. The van der Waals surface area contributed by atoms with E-state index in [0.29, 0.717) is 25.7 Å². The summed E-state index contributed by atoms with van der Waals surface area (Å²) in [4.78, 5) is 23.3. The first-order chi connectivity index (χ1) is 11.3. The fraction of sp³-hybridized carbons (Fsp3) is 0.529. The Morgan fingerprint density at radius 1 is 1.21 bits per heavy atom. The van der Waals surface area contributed by atoms with Gasteiger partial charge in [0.05, 0.1) is 31.3 Å². The smallest absolute Gasteiger partial charge is 0.311 e. The van der Waals surface area contributed by atoms with Crippen molar-refractivity contribution in [3.05, 3.63) is 23.5 Å².